The molecular formula is C15H26N4. The second kappa shape index (κ2) is 6.06. The van der Waals surface area contributed by atoms with E-state index in [0.29, 0.717) is 0 Å². The monoisotopic (exact) mass is 262 g/mol. The molecule has 3 heterocycles. The molecule has 0 saturated carbocycles. The first-order chi connectivity index (χ1) is 9.34. The van der Waals surface area contributed by atoms with Crippen molar-refractivity contribution in [2.24, 2.45) is 0 Å². The highest BCUT2D eigenvalue weighted by molar-refractivity contribution is 5.14. The highest BCUT2D eigenvalue weighted by atomic mass is 15.2. The van der Waals surface area contributed by atoms with Gasteiger partial charge in [-0.25, -0.2) is 0 Å². The van der Waals surface area contributed by atoms with Crippen LogP contribution in [0.4, 0.5) is 0 Å². The minimum Gasteiger partial charge on any atom is -0.312 e. The fourth-order valence-electron chi connectivity index (χ4n) is 3.68. The van der Waals surface area contributed by atoms with Crippen LogP contribution in [-0.2, 0) is 6.42 Å². The zero-order valence-corrected chi connectivity index (χ0v) is 12.0. The van der Waals surface area contributed by atoms with Gasteiger partial charge in [0.2, 0.25) is 0 Å². The molecule has 4 heteroatoms. The molecule has 1 aromatic heterocycles. The Morgan fingerprint density at radius 1 is 1.37 bits per heavy atom. The Balaban J connectivity index is 1.39. The first kappa shape index (κ1) is 13.1. The van der Waals surface area contributed by atoms with Crippen molar-refractivity contribution in [1.82, 2.24) is 20.4 Å². The summed E-state index contributed by atoms with van der Waals surface area (Å²) in [6.45, 7) is 5.88. The molecule has 2 aliphatic heterocycles. The Hall–Kier alpha value is -0.870. The fraction of sp³-hybridized carbons (Fsp3) is 0.800. The third-order valence-electron chi connectivity index (χ3n) is 4.82. The molecule has 106 valence electrons. The maximum absolute atomic E-state index is 4.08. The molecule has 0 amide bonds. The van der Waals surface area contributed by atoms with Crippen molar-refractivity contribution < 1.29 is 0 Å². The van der Waals surface area contributed by atoms with Gasteiger partial charge in [-0.1, -0.05) is 6.42 Å². The number of aromatic nitrogens is 2. The predicted octanol–water partition coefficient (Wildman–Crippen LogP) is 1.87. The molecule has 1 aromatic rings. The van der Waals surface area contributed by atoms with Crippen LogP contribution in [-0.4, -0.2) is 46.8 Å². The van der Waals surface area contributed by atoms with Crippen LogP contribution >= 0.6 is 0 Å². The number of hydrogen-bond donors (Lipinski definition) is 2. The molecule has 4 nitrogen and oxygen atoms in total. The highest BCUT2D eigenvalue weighted by Gasteiger charge is 2.34. The van der Waals surface area contributed by atoms with E-state index >= 15 is 0 Å². The maximum atomic E-state index is 4.08. The van der Waals surface area contributed by atoms with Crippen molar-refractivity contribution in [3.63, 3.8) is 0 Å². The number of nitrogens with one attached hydrogen (secondary N) is 2. The summed E-state index contributed by atoms with van der Waals surface area (Å²) in [5, 5.41) is 10.9. The van der Waals surface area contributed by atoms with Gasteiger partial charge < -0.3 is 5.32 Å². The van der Waals surface area contributed by atoms with Crippen LogP contribution in [0.25, 0.3) is 0 Å². The molecule has 0 aromatic carbocycles. The lowest BCUT2D eigenvalue weighted by atomic mass is 9.99. The number of rotatable bonds is 5. The van der Waals surface area contributed by atoms with E-state index in [1.807, 2.05) is 6.20 Å². The van der Waals surface area contributed by atoms with E-state index in [0.717, 1.165) is 25.0 Å². The van der Waals surface area contributed by atoms with Crippen LogP contribution in [0.3, 0.4) is 0 Å². The number of fused-ring (bicyclic) bond motifs is 1. The predicted molar refractivity (Wildman–Crippen MR) is 77.3 cm³/mol. The van der Waals surface area contributed by atoms with Gasteiger partial charge in [-0.05, 0) is 57.7 Å². The molecule has 2 saturated heterocycles. The lowest BCUT2D eigenvalue weighted by Crippen LogP contribution is -2.45. The first-order valence-corrected chi connectivity index (χ1v) is 7.81. The van der Waals surface area contributed by atoms with E-state index in [9.17, 15) is 0 Å². The third kappa shape index (κ3) is 3.00. The van der Waals surface area contributed by atoms with E-state index in [1.54, 1.807) is 0 Å². The third-order valence-corrected chi connectivity index (χ3v) is 4.82. The van der Waals surface area contributed by atoms with Crippen molar-refractivity contribution >= 4 is 0 Å². The summed E-state index contributed by atoms with van der Waals surface area (Å²) in [7, 11) is 0. The first-order valence-electron chi connectivity index (χ1n) is 7.81. The quantitative estimate of drug-likeness (QED) is 0.796. The molecule has 2 fully saturated rings. The lowest BCUT2D eigenvalue weighted by molar-refractivity contribution is 0.180. The SMILES string of the molecule is Cc1[nH]ncc1CCCNC1CCN2CCCCC12. The standard InChI is InChI=1S/C15H26N4/c1-12-13(11-17-18-12)5-4-8-16-14-7-10-19-9-3-2-6-15(14)19/h11,14-16H,2-10H2,1H3,(H,17,18). The zero-order chi connectivity index (χ0) is 13.1. The van der Waals surface area contributed by atoms with Gasteiger partial charge in [0.1, 0.15) is 0 Å². The maximum Gasteiger partial charge on any atom is 0.0522 e. The summed E-state index contributed by atoms with van der Waals surface area (Å²) < 4.78 is 0. The van der Waals surface area contributed by atoms with E-state index in [2.05, 4.69) is 27.3 Å². The Labute approximate surface area is 116 Å². The molecule has 3 rings (SSSR count). The molecule has 2 N–H and O–H groups in total. The average molecular weight is 262 g/mol. The number of H-pyrrole nitrogens is 1. The second-order valence-electron chi connectivity index (χ2n) is 6.07. The van der Waals surface area contributed by atoms with Crippen molar-refractivity contribution in [1.29, 1.82) is 0 Å². The summed E-state index contributed by atoms with van der Waals surface area (Å²) in [6, 6.07) is 1.56. The zero-order valence-electron chi connectivity index (χ0n) is 12.0. The molecule has 0 bridgehead atoms. The topological polar surface area (TPSA) is 44.0 Å². The minimum atomic E-state index is 0.741. The van der Waals surface area contributed by atoms with Crippen molar-refractivity contribution in [3.8, 4) is 0 Å². The van der Waals surface area contributed by atoms with Gasteiger partial charge in [-0.2, -0.15) is 5.10 Å². The molecule has 0 aliphatic carbocycles. The van der Waals surface area contributed by atoms with Gasteiger partial charge in [0.15, 0.2) is 0 Å². The number of aryl methyl sites for hydroxylation is 2. The number of piperidine rings is 1. The van der Waals surface area contributed by atoms with Crippen LogP contribution in [0.1, 0.15) is 43.4 Å². The van der Waals surface area contributed by atoms with E-state index in [1.165, 1.54) is 56.5 Å². The summed E-state index contributed by atoms with van der Waals surface area (Å²) in [5.74, 6) is 0. The summed E-state index contributed by atoms with van der Waals surface area (Å²) in [6.07, 6.45) is 9.89. The molecule has 19 heavy (non-hydrogen) atoms. The van der Waals surface area contributed by atoms with E-state index in [4.69, 9.17) is 0 Å². The fourth-order valence-corrected chi connectivity index (χ4v) is 3.68. The van der Waals surface area contributed by atoms with Crippen LogP contribution in [0.2, 0.25) is 0 Å². The van der Waals surface area contributed by atoms with Gasteiger partial charge in [-0.15, -0.1) is 0 Å². The van der Waals surface area contributed by atoms with Gasteiger partial charge in [-0.3, -0.25) is 10.00 Å². The van der Waals surface area contributed by atoms with Gasteiger partial charge in [0, 0.05) is 24.3 Å². The normalized spacial score (nSPS) is 27.6. The summed E-state index contributed by atoms with van der Waals surface area (Å²) in [4.78, 5) is 2.70. The van der Waals surface area contributed by atoms with Gasteiger partial charge in [0.25, 0.3) is 0 Å². The van der Waals surface area contributed by atoms with Crippen LogP contribution in [0.5, 0.6) is 0 Å². The van der Waals surface area contributed by atoms with Gasteiger partial charge >= 0.3 is 0 Å². The lowest BCUT2D eigenvalue weighted by Gasteiger charge is -2.32. The van der Waals surface area contributed by atoms with E-state index < -0.39 is 0 Å². The Bertz CT molecular complexity index is 401. The average Bonchev–Trinajstić information content (AvgIpc) is 3.02. The molecule has 0 radical (unpaired) electrons. The summed E-state index contributed by atoms with van der Waals surface area (Å²) in [5.41, 5.74) is 2.59. The van der Waals surface area contributed by atoms with Crippen molar-refractivity contribution in [3.05, 3.63) is 17.5 Å². The molecule has 2 unspecified atom stereocenters. The van der Waals surface area contributed by atoms with Crippen molar-refractivity contribution in [2.75, 3.05) is 19.6 Å². The molecule has 0 spiro atoms. The number of aromatic amines is 1. The largest absolute Gasteiger partial charge is 0.312 e. The smallest absolute Gasteiger partial charge is 0.0522 e. The Morgan fingerprint density at radius 3 is 3.16 bits per heavy atom. The Kier molecular flexibility index (Phi) is 4.18. The molecular weight excluding hydrogens is 236 g/mol. The number of nitrogens with zero attached hydrogens (tertiary/aromatic N) is 2. The minimum absolute atomic E-state index is 0.741. The number of hydrogen-bond acceptors (Lipinski definition) is 3. The van der Waals surface area contributed by atoms with Crippen LogP contribution < -0.4 is 5.32 Å². The van der Waals surface area contributed by atoms with E-state index in [-0.39, 0.29) is 0 Å². The van der Waals surface area contributed by atoms with Gasteiger partial charge in [0.05, 0.1) is 6.20 Å². The highest BCUT2D eigenvalue weighted by Crippen LogP contribution is 2.27. The second-order valence-corrected chi connectivity index (χ2v) is 6.07. The Morgan fingerprint density at radius 2 is 2.32 bits per heavy atom. The van der Waals surface area contributed by atoms with Crippen molar-refractivity contribution in [2.45, 2.75) is 57.5 Å². The molecule has 2 atom stereocenters. The molecule has 2 aliphatic rings. The van der Waals surface area contributed by atoms with Crippen LogP contribution in [0.15, 0.2) is 6.20 Å². The summed E-state index contributed by atoms with van der Waals surface area (Å²) >= 11 is 0. The van der Waals surface area contributed by atoms with Crippen LogP contribution in [0, 0.1) is 6.92 Å².